The minimum Gasteiger partial charge on any atom is -1.00 e. The van der Waals surface area contributed by atoms with Gasteiger partial charge in [-0.3, -0.25) is 0 Å². The van der Waals surface area contributed by atoms with Crippen LogP contribution in [0.4, 0.5) is 0 Å². The zero-order valence-electron chi connectivity index (χ0n) is 6.63. The standard InChI is InChI=1S/C8H13N2.ClH/c1-8-2-5-10(6-3-8)7-4-9;/h2-3,5-6H,4,7,9H2,1H3;1H/q+1;/p-1. The highest BCUT2D eigenvalue weighted by atomic mass is 35.5. The van der Waals surface area contributed by atoms with Gasteiger partial charge in [0.05, 0.1) is 6.54 Å². The van der Waals surface area contributed by atoms with Crippen LogP contribution in [0.3, 0.4) is 0 Å². The maximum Gasteiger partial charge on any atom is 0.169 e. The Hall–Kier alpha value is -0.600. The molecule has 11 heavy (non-hydrogen) atoms. The van der Waals surface area contributed by atoms with Gasteiger partial charge in [0, 0.05) is 12.1 Å². The van der Waals surface area contributed by atoms with E-state index in [1.165, 1.54) is 5.56 Å². The Labute approximate surface area is 73.4 Å². The first-order valence-corrected chi connectivity index (χ1v) is 3.48. The first-order valence-electron chi connectivity index (χ1n) is 3.48. The van der Waals surface area contributed by atoms with Crippen LogP contribution in [0.5, 0.6) is 0 Å². The van der Waals surface area contributed by atoms with E-state index in [-0.39, 0.29) is 12.4 Å². The van der Waals surface area contributed by atoms with E-state index in [9.17, 15) is 0 Å². The summed E-state index contributed by atoms with van der Waals surface area (Å²) < 4.78 is 2.08. The van der Waals surface area contributed by atoms with Crippen molar-refractivity contribution < 1.29 is 17.0 Å². The molecule has 1 rings (SSSR count). The predicted octanol–water partition coefficient (Wildman–Crippen LogP) is -2.75. The Kier molecular flexibility index (Phi) is 4.83. The van der Waals surface area contributed by atoms with Crippen molar-refractivity contribution in [1.29, 1.82) is 0 Å². The molecule has 0 bridgehead atoms. The van der Waals surface area contributed by atoms with Crippen molar-refractivity contribution in [3.05, 3.63) is 30.1 Å². The number of nitrogens with zero attached hydrogens (tertiary/aromatic N) is 1. The molecule has 0 aromatic carbocycles. The SMILES string of the molecule is Cc1cc[n+](CCN)cc1.[Cl-]. The fourth-order valence-corrected chi connectivity index (χ4v) is 0.830. The van der Waals surface area contributed by atoms with E-state index in [0.717, 1.165) is 6.54 Å². The van der Waals surface area contributed by atoms with Gasteiger partial charge >= 0.3 is 0 Å². The molecule has 0 atom stereocenters. The van der Waals surface area contributed by atoms with Crippen molar-refractivity contribution in [1.82, 2.24) is 0 Å². The molecule has 0 spiro atoms. The molecule has 0 aliphatic rings. The molecule has 0 radical (unpaired) electrons. The topological polar surface area (TPSA) is 29.9 Å². The predicted molar refractivity (Wildman–Crippen MR) is 40.4 cm³/mol. The van der Waals surface area contributed by atoms with Gasteiger partial charge in [-0.2, -0.15) is 0 Å². The number of aryl methyl sites for hydroxylation is 1. The molecule has 0 aliphatic carbocycles. The summed E-state index contributed by atoms with van der Waals surface area (Å²) in [5.41, 5.74) is 6.66. The summed E-state index contributed by atoms with van der Waals surface area (Å²) in [4.78, 5) is 0. The maximum atomic E-state index is 5.38. The monoisotopic (exact) mass is 172 g/mol. The summed E-state index contributed by atoms with van der Waals surface area (Å²) in [6.45, 7) is 3.68. The van der Waals surface area contributed by atoms with Crippen molar-refractivity contribution >= 4 is 0 Å². The van der Waals surface area contributed by atoms with Crippen molar-refractivity contribution in [2.45, 2.75) is 13.5 Å². The second-order valence-electron chi connectivity index (χ2n) is 2.40. The van der Waals surface area contributed by atoms with Gasteiger partial charge in [0.2, 0.25) is 0 Å². The van der Waals surface area contributed by atoms with Gasteiger partial charge in [-0.1, -0.05) is 0 Å². The van der Waals surface area contributed by atoms with Crippen molar-refractivity contribution in [2.75, 3.05) is 6.54 Å². The lowest BCUT2D eigenvalue weighted by Crippen LogP contribution is -3.00. The second-order valence-corrected chi connectivity index (χ2v) is 2.40. The minimum absolute atomic E-state index is 0. The Balaban J connectivity index is 0.000001000. The summed E-state index contributed by atoms with van der Waals surface area (Å²) in [6.07, 6.45) is 4.09. The Morgan fingerprint density at radius 2 is 1.91 bits per heavy atom. The van der Waals surface area contributed by atoms with E-state index in [2.05, 4.69) is 23.6 Å². The van der Waals surface area contributed by atoms with Crippen LogP contribution in [-0.2, 0) is 6.54 Å². The molecule has 62 valence electrons. The third kappa shape index (κ3) is 3.35. The van der Waals surface area contributed by atoms with E-state index in [1.54, 1.807) is 0 Å². The van der Waals surface area contributed by atoms with E-state index < -0.39 is 0 Å². The highest BCUT2D eigenvalue weighted by Gasteiger charge is 1.94. The number of nitrogens with two attached hydrogens (primary N) is 1. The van der Waals surface area contributed by atoms with Crippen LogP contribution in [0.25, 0.3) is 0 Å². The van der Waals surface area contributed by atoms with Gasteiger partial charge in [0.1, 0.15) is 0 Å². The lowest BCUT2D eigenvalue weighted by Gasteiger charge is -1.92. The Bertz CT molecular complexity index is 196. The first-order chi connectivity index (χ1) is 4.83. The Morgan fingerprint density at radius 1 is 1.36 bits per heavy atom. The van der Waals surface area contributed by atoms with E-state index in [4.69, 9.17) is 5.73 Å². The molecule has 3 heteroatoms. The zero-order chi connectivity index (χ0) is 7.40. The van der Waals surface area contributed by atoms with Gasteiger partial charge in [0.25, 0.3) is 0 Å². The first kappa shape index (κ1) is 10.4. The molecule has 0 aliphatic heterocycles. The third-order valence-corrected chi connectivity index (χ3v) is 1.45. The fourth-order valence-electron chi connectivity index (χ4n) is 0.830. The van der Waals surface area contributed by atoms with Crippen LogP contribution in [-0.4, -0.2) is 6.54 Å². The molecular formula is C8H13ClN2. The van der Waals surface area contributed by atoms with Crippen molar-refractivity contribution in [3.8, 4) is 0 Å². The van der Waals surface area contributed by atoms with Gasteiger partial charge in [-0.05, 0) is 12.5 Å². The van der Waals surface area contributed by atoms with Crippen LogP contribution in [0.2, 0.25) is 0 Å². The van der Waals surface area contributed by atoms with Crippen LogP contribution in [0.15, 0.2) is 24.5 Å². The molecule has 1 heterocycles. The number of halogens is 1. The summed E-state index contributed by atoms with van der Waals surface area (Å²) in [5, 5.41) is 0. The van der Waals surface area contributed by atoms with Crippen LogP contribution in [0.1, 0.15) is 5.56 Å². The van der Waals surface area contributed by atoms with Crippen molar-refractivity contribution in [2.24, 2.45) is 5.73 Å². The summed E-state index contributed by atoms with van der Waals surface area (Å²) >= 11 is 0. The van der Waals surface area contributed by atoms with Gasteiger partial charge < -0.3 is 18.1 Å². The maximum absolute atomic E-state index is 5.38. The summed E-state index contributed by atoms with van der Waals surface area (Å²) in [6, 6.07) is 4.16. The van der Waals surface area contributed by atoms with E-state index in [1.807, 2.05) is 12.4 Å². The summed E-state index contributed by atoms with van der Waals surface area (Å²) in [5.74, 6) is 0. The number of hydrogen-bond acceptors (Lipinski definition) is 1. The highest BCUT2D eigenvalue weighted by Crippen LogP contribution is 1.88. The Morgan fingerprint density at radius 3 is 2.36 bits per heavy atom. The number of hydrogen-bond donors (Lipinski definition) is 1. The molecule has 1 aromatic heterocycles. The van der Waals surface area contributed by atoms with Gasteiger partial charge in [-0.25, -0.2) is 4.57 Å². The fraction of sp³-hybridized carbons (Fsp3) is 0.375. The highest BCUT2D eigenvalue weighted by molar-refractivity contribution is 5.03. The van der Waals surface area contributed by atoms with E-state index in [0.29, 0.717) is 6.54 Å². The lowest BCUT2D eigenvalue weighted by atomic mass is 10.3. The quantitative estimate of drug-likeness (QED) is 0.482. The molecule has 2 N–H and O–H groups in total. The molecule has 0 saturated carbocycles. The van der Waals surface area contributed by atoms with Crippen LogP contribution < -0.4 is 22.7 Å². The minimum atomic E-state index is 0. The summed E-state index contributed by atoms with van der Waals surface area (Å²) in [7, 11) is 0. The largest absolute Gasteiger partial charge is 1.00 e. The smallest absolute Gasteiger partial charge is 0.169 e. The zero-order valence-corrected chi connectivity index (χ0v) is 7.38. The van der Waals surface area contributed by atoms with Crippen LogP contribution in [0, 0.1) is 6.92 Å². The van der Waals surface area contributed by atoms with Gasteiger partial charge in [0.15, 0.2) is 18.9 Å². The average molecular weight is 173 g/mol. The van der Waals surface area contributed by atoms with E-state index >= 15 is 0 Å². The molecule has 2 nitrogen and oxygen atoms in total. The lowest BCUT2D eigenvalue weighted by molar-refractivity contribution is -0.694. The molecule has 0 fully saturated rings. The normalized spacial score (nSPS) is 8.91. The number of pyridine rings is 1. The van der Waals surface area contributed by atoms with Crippen molar-refractivity contribution in [3.63, 3.8) is 0 Å². The second kappa shape index (κ2) is 5.10. The van der Waals surface area contributed by atoms with Crippen LogP contribution >= 0.6 is 0 Å². The molecule has 1 aromatic rings. The molecular weight excluding hydrogens is 160 g/mol. The molecule has 0 unspecified atom stereocenters. The number of rotatable bonds is 2. The number of aromatic nitrogens is 1. The molecule has 0 amide bonds. The third-order valence-electron chi connectivity index (χ3n) is 1.45. The van der Waals surface area contributed by atoms with Gasteiger partial charge in [-0.15, -0.1) is 0 Å². The average Bonchev–Trinajstić information content (AvgIpc) is 1.95. The molecule has 0 saturated heterocycles.